The number of anilines is 1. The number of nitrogens with one attached hydrogen (secondary N) is 1. The van der Waals surface area contributed by atoms with E-state index in [4.69, 9.17) is 4.74 Å². The van der Waals surface area contributed by atoms with Crippen LogP contribution in [0.5, 0.6) is 0 Å². The lowest BCUT2D eigenvalue weighted by molar-refractivity contribution is 0.194. The van der Waals surface area contributed by atoms with Crippen LogP contribution in [0.15, 0.2) is 29.2 Å². The van der Waals surface area contributed by atoms with E-state index in [0.717, 1.165) is 26.0 Å². The summed E-state index contributed by atoms with van der Waals surface area (Å²) >= 11 is 0. The van der Waals surface area contributed by atoms with Crippen LogP contribution in [0, 0.1) is 0 Å². The molecule has 0 unspecified atom stereocenters. The van der Waals surface area contributed by atoms with Gasteiger partial charge in [0.1, 0.15) is 0 Å². The molecule has 0 aliphatic heterocycles. The molecule has 0 fully saturated rings. The maximum atomic E-state index is 11.9. The van der Waals surface area contributed by atoms with Crippen molar-refractivity contribution in [3.63, 3.8) is 0 Å². The molecule has 1 N–H and O–H groups in total. The second kappa shape index (κ2) is 7.38. The normalized spacial score (nSPS) is 11.4. The smallest absolute Gasteiger partial charge is 0.180 e. The summed E-state index contributed by atoms with van der Waals surface area (Å²) < 4.78 is 28.8. The Morgan fingerprint density at radius 2 is 1.94 bits per heavy atom. The van der Waals surface area contributed by atoms with Gasteiger partial charge < -0.3 is 10.1 Å². The number of ether oxygens (including phenoxy) is 1. The molecule has 0 aromatic heterocycles. The van der Waals surface area contributed by atoms with E-state index in [9.17, 15) is 8.42 Å². The van der Waals surface area contributed by atoms with Gasteiger partial charge in [0.25, 0.3) is 0 Å². The van der Waals surface area contributed by atoms with Crippen molar-refractivity contribution in [2.75, 3.05) is 31.3 Å². The minimum Gasteiger partial charge on any atom is -0.385 e. The monoisotopic (exact) mass is 271 g/mol. The van der Waals surface area contributed by atoms with Gasteiger partial charge in [-0.2, -0.15) is 0 Å². The molecule has 0 aliphatic rings. The van der Waals surface area contributed by atoms with E-state index in [0.29, 0.717) is 10.6 Å². The van der Waals surface area contributed by atoms with Gasteiger partial charge in [0, 0.05) is 20.3 Å². The Kier molecular flexibility index (Phi) is 6.15. The molecule has 0 bridgehead atoms. The third-order valence-corrected chi connectivity index (χ3v) is 4.48. The zero-order valence-corrected chi connectivity index (χ0v) is 11.8. The van der Waals surface area contributed by atoms with Gasteiger partial charge in [-0.05, 0) is 25.0 Å². The van der Waals surface area contributed by atoms with Gasteiger partial charge in [0.05, 0.1) is 16.3 Å². The first-order valence-electron chi connectivity index (χ1n) is 6.16. The lowest BCUT2D eigenvalue weighted by Gasteiger charge is -2.11. The molecule has 0 saturated heterocycles. The number of hydrogen-bond donors (Lipinski definition) is 1. The number of benzene rings is 1. The topological polar surface area (TPSA) is 55.4 Å². The molecule has 18 heavy (non-hydrogen) atoms. The maximum Gasteiger partial charge on any atom is 0.180 e. The van der Waals surface area contributed by atoms with E-state index in [-0.39, 0.29) is 5.75 Å². The van der Waals surface area contributed by atoms with E-state index in [1.165, 1.54) is 0 Å². The number of sulfone groups is 1. The summed E-state index contributed by atoms with van der Waals surface area (Å²) in [5.74, 6) is 0.120. The second-order valence-corrected chi connectivity index (χ2v) is 6.27. The Balaban J connectivity index is 2.66. The van der Waals surface area contributed by atoms with Gasteiger partial charge in [0.2, 0.25) is 0 Å². The summed E-state index contributed by atoms with van der Waals surface area (Å²) in [4.78, 5) is 0.388. The number of para-hydroxylation sites is 1. The molecule has 0 saturated carbocycles. The lowest BCUT2D eigenvalue weighted by Crippen LogP contribution is -2.10. The molecule has 1 aromatic rings. The first kappa shape index (κ1) is 15.0. The van der Waals surface area contributed by atoms with Crippen LogP contribution >= 0.6 is 0 Å². The SMILES string of the molecule is CCS(=O)(=O)c1ccccc1NCCCCOC. The predicted octanol–water partition coefficient (Wildman–Crippen LogP) is 2.32. The average molecular weight is 271 g/mol. The predicted molar refractivity (Wildman–Crippen MR) is 73.8 cm³/mol. The number of hydrogen-bond acceptors (Lipinski definition) is 4. The van der Waals surface area contributed by atoms with Crippen LogP contribution < -0.4 is 5.32 Å². The van der Waals surface area contributed by atoms with Crippen molar-refractivity contribution in [2.45, 2.75) is 24.7 Å². The Hall–Kier alpha value is -1.07. The minimum atomic E-state index is -3.16. The van der Waals surface area contributed by atoms with Crippen LogP contribution in [0.4, 0.5) is 5.69 Å². The summed E-state index contributed by atoms with van der Waals surface area (Å²) in [5.41, 5.74) is 0.691. The quantitative estimate of drug-likeness (QED) is 0.737. The highest BCUT2D eigenvalue weighted by Gasteiger charge is 2.15. The lowest BCUT2D eigenvalue weighted by atomic mass is 10.3. The molecular weight excluding hydrogens is 250 g/mol. The Labute approximate surface area is 109 Å². The van der Waals surface area contributed by atoms with Crippen molar-refractivity contribution >= 4 is 15.5 Å². The minimum absolute atomic E-state index is 0.120. The van der Waals surface area contributed by atoms with E-state index in [1.54, 1.807) is 32.2 Å². The molecule has 0 atom stereocenters. The van der Waals surface area contributed by atoms with Crippen LogP contribution in [-0.2, 0) is 14.6 Å². The van der Waals surface area contributed by atoms with Gasteiger partial charge in [-0.3, -0.25) is 0 Å². The van der Waals surface area contributed by atoms with Gasteiger partial charge in [-0.15, -0.1) is 0 Å². The van der Waals surface area contributed by atoms with E-state index in [1.807, 2.05) is 6.07 Å². The molecular formula is C13H21NO3S. The van der Waals surface area contributed by atoms with Crippen LogP contribution in [-0.4, -0.2) is 34.4 Å². The third-order valence-electron chi connectivity index (χ3n) is 2.69. The van der Waals surface area contributed by atoms with Crippen molar-refractivity contribution in [1.82, 2.24) is 0 Å². The molecule has 1 rings (SSSR count). The van der Waals surface area contributed by atoms with Crippen LogP contribution in [0.1, 0.15) is 19.8 Å². The highest BCUT2D eigenvalue weighted by atomic mass is 32.2. The Morgan fingerprint density at radius 1 is 1.22 bits per heavy atom. The van der Waals surface area contributed by atoms with E-state index in [2.05, 4.69) is 5.32 Å². The summed E-state index contributed by atoms with van der Waals surface area (Å²) in [7, 11) is -1.49. The highest BCUT2D eigenvalue weighted by Crippen LogP contribution is 2.21. The first-order chi connectivity index (χ1) is 8.61. The van der Waals surface area contributed by atoms with Crippen LogP contribution in [0.3, 0.4) is 0 Å². The van der Waals surface area contributed by atoms with Crippen molar-refractivity contribution in [1.29, 1.82) is 0 Å². The second-order valence-electron chi connectivity index (χ2n) is 4.03. The van der Waals surface area contributed by atoms with Crippen molar-refractivity contribution in [2.24, 2.45) is 0 Å². The average Bonchev–Trinajstić information content (AvgIpc) is 2.39. The Morgan fingerprint density at radius 3 is 2.61 bits per heavy atom. The maximum absolute atomic E-state index is 11.9. The van der Waals surface area contributed by atoms with Gasteiger partial charge in [-0.25, -0.2) is 8.42 Å². The fourth-order valence-electron chi connectivity index (χ4n) is 1.63. The van der Waals surface area contributed by atoms with E-state index >= 15 is 0 Å². The fourth-order valence-corrected chi connectivity index (χ4v) is 2.71. The summed E-state index contributed by atoms with van der Waals surface area (Å²) in [5, 5.41) is 3.18. The number of unbranched alkanes of at least 4 members (excludes halogenated alkanes) is 1. The molecule has 0 spiro atoms. The van der Waals surface area contributed by atoms with Crippen molar-refractivity contribution in [3.05, 3.63) is 24.3 Å². The molecule has 4 nitrogen and oxygen atoms in total. The summed E-state index contributed by atoms with van der Waals surface area (Å²) in [6.45, 7) is 3.14. The summed E-state index contributed by atoms with van der Waals surface area (Å²) in [6.07, 6.45) is 1.92. The van der Waals surface area contributed by atoms with Gasteiger partial charge in [-0.1, -0.05) is 19.1 Å². The van der Waals surface area contributed by atoms with Crippen LogP contribution in [0.25, 0.3) is 0 Å². The number of methoxy groups -OCH3 is 1. The largest absolute Gasteiger partial charge is 0.385 e. The standard InChI is InChI=1S/C13H21NO3S/c1-3-18(15,16)13-9-5-4-8-12(13)14-10-6-7-11-17-2/h4-5,8-9,14H,3,6-7,10-11H2,1-2H3. The first-order valence-corrected chi connectivity index (χ1v) is 7.81. The van der Waals surface area contributed by atoms with Gasteiger partial charge >= 0.3 is 0 Å². The molecule has 5 heteroatoms. The molecule has 102 valence electrons. The molecule has 1 aromatic carbocycles. The Bertz CT molecular complexity index is 457. The zero-order chi connectivity index (χ0) is 13.4. The highest BCUT2D eigenvalue weighted by molar-refractivity contribution is 7.91. The number of rotatable bonds is 8. The fraction of sp³-hybridized carbons (Fsp3) is 0.538. The molecule has 0 amide bonds. The summed E-state index contributed by atoms with van der Waals surface area (Å²) in [6, 6.07) is 7.04. The third kappa shape index (κ3) is 4.31. The molecule has 0 heterocycles. The molecule has 0 radical (unpaired) electrons. The van der Waals surface area contributed by atoms with Crippen molar-refractivity contribution in [3.8, 4) is 0 Å². The van der Waals surface area contributed by atoms with Crippen LogP contribution in [0.2, 0.25) is 0 Å². The van der Waals surface area contributed by atoms with Gasteiger partial charge in [0.15, 0.2) is 9.84 Å². The van der Waals surface area contributed by atoms with E-state index < -0.39 is 9.84 Å². The zero-order valence-electron chi connectivity index (χ0n) is 11.0. The molecule has 0 aliphatic carbocycles. The van der Waals surface area contributed by atoms with Crippen molar-refractivity contribution < 1.29 is 13.2 Å².